The van der Waals surface area contributed by atoms with Crippen LogP contribution in [0, 0.1) is 0 Å². The Morgan fingerprint density at radius 2 is 2.22 bits per heavy atom. The van der Waals surface area contributed by atoms with Gasteiger partial charge in [-0.05, 0) is 17.6 Å². The minimum absolute atomic E-state index is 0.952. The van der Waals surface area contributed by atoms with E-state index in [0.717, 1.165) is 6.42 Å². The highest BCUT2D eigenvalue weighted by molar-refractivity contribution is 8.02. The minimum atomic E-state index is 0.952. The monoisotopic (exact) mass is 140 g/mol. The molecule has 0 radical (unpaired) electrons. The Morgan fingerprint density at radius 1 is 1.56 bits per heavy atom. The maximum atomic E-state index is 3.64. The molecule has 0 rings (SSSR count). The van der Waals surface area contributed by atoms with Gasteiger partial charge in [0.25, 0.3) is 0 Å². The summed E-state index contributed by atoms with van der Waals surface area (Å²) in [4.78, 5) is 1.31. The molecular formula is C8H12S. The molecule has 0 amide bonds. The first-order valence-corrected chi connectivity index (χ1v) is 4.04. The molecule has 0 heterocycles. The summed E-state index contributed by atoms with van der Waals surface area (Å²) in [5.74, 6) is 0. The first-order chi connectivity index (χ1) is 4.35. The molecule has 0 saturated heterocycles. The Balaban J connectivity index is 3.79. The predicted octanol–water partition coefficient (Wildman–Crippen LogP) is 3.00. The van der Waals surface area contributed by atoms with Crippen molar-refractivity contribution in [2.45, 2.75) is 6.42 Å². The standard InChI is InChI=1S/C8H12S/c1-4-6-8(9-3)7-5-2/h4-6H,1-2,7H2,3H3. The van der Waals surface area contributed by atoms with Gasteiger partial charge in [-0.25, -0.2) is 0 Å². The molecule has 0 N–H and O–H groups in total. The van der Waals surface area contributed by atoms with Crippen LogP contribution in [0.2, 0.25) is 0 Å². The lowest BCUT2D eigenvalue weighted by molar-refractivity contribution is 1.37. The molecule has 50 valence electrons. The van der Waals surface area contributed by atoms with Gasteiger partial charge in [0, 0.05) is 0 Å². The zero-order valence-corrected chi connectivity index (χ0v) is 6.58. The van der Waals surface area contributed by atoms with Crippen LogP contribution in [0.3, 0.4) is 0 Å². The number of allylic oxidation sites excluding steroid dienone is 4. The summed E-state index contributed by atoms with van der Waals surface area (Å²) in [7, 11) is 0. The van der Waals surface area contributed by atoms with Gasteiger partial charge < -0.3 is 0 Å². The number of rotatable bonds is 4. The van der Waals surface area contributed by atoms with Crippen LogP contribution in [0.5, 0.6) is 0 Å². The molecule has 0 aromatic carbocycles. The highest BCUT2D eigenvalue weighted by Crippen LogP contribution is 2.15. The molecule has 0 aliphatic heterocycles. The first kappa shape index (κ1) is 8.57. The smallest absolute Gasteiger partial charge is 0.00401 e. The van der Waals surface area contributed by atoms with Gasteiger partial charge in [0.15, 0.2) is 0 Å². The van der Waals surface area contributed by atoms with E-state index in [9.17, 15) is 0 Å². The number of thioether (sulfide) groups is 1. The zero-order valence-electron chi connectivity index (χ0n) is 5.76. The zero-order chi connectivity index (χ0) is 7.11. The summed E-state index contributed by atoms with van der Waals surface area (Å²) in [5, 5.41) is 0. The Bertz CT molecular complexity index is 123. The molecule has 0 aromatic rings. The molecule has 1 heteroatoms. The summed E-state index contributed by atoms with van der Waals surface area (Å²) in [5.41, 5.74) is 0. The van der Waals surface area contributed by atoms with Gasteiger partial charge in [-0.3, -0.25) is 0 Å². The summed E-state index contributed by atoms with van der Waals surface area (Å²) in [6, 6.07) is 0. The van der Waals surface area contributed by atoms with Crippen molar-refractivity contribution in [1.29, 1.82) is 0 Å². The van der Waals surface area contributed by atoms with Crippen molar-refractivity contribution in [2.75, 3.05) is 6.26 Å². The molecule has 0 aromatic heterocycles. The maximum absolute atomic E-state index is 3.64. The van der Waals surface area contributed by atoms with E-state index >= 15 is 0 Å². The topological polar surface area (TPSA) is 0 Å². The number of hydrogen-bond donors (Lipinski definition) is 0. The minimum Gasteiger partial charge on any atom is -0.134 e. The molecule has 0 nitrogen and oxygen atoms in total. The Morgan fingerprint density at radius 3 is 2.56 bits per heavy atom. The lowest BCUT2D eigenvalue weighted by Gasteiger charge is -1.94. The first-order valence-electron chi connectivity index (χ1n) is 2.81. The fourth-order valence-corrected chi connectivity index (χ4v) is 1.01. The van der Waals surface area contributed by atoms with Crippen LogP contribution in [0.15, 0.2) is 36.3 Å². The van der Waals surface area contributed by atoms with Crippen LogP contribution in [0.4, 0.5) is 0 Å². The Kier molecular flexibility index (Phi) is 5.43. The second kappa shape index (κ2) is 5.70. The highest BCUT2D eigenvalue weighted by Gasteiger charge is 1.86. The lowest BCUT2D eigenvalue weighted by Crippen LogP contribution is -1.69. The van der Waals surface area contributed by atoms with E-state index in [2.05, 4.69) is 19.4 Å². The van der Waals surface area contributed by atoms with Gasteiger partial charge >= 0.3 is 0 Å². The fraction of sp³-hybridized carbons (Fsp3) is 0.250. The van der Waals surface area contributed by atoms with E-state index in [0.29, 0.717) is 0 Å². The van der Waals surface area contributed by atoms with Gasteiger partial charge in [-0.1, -0.05) is 24.8 Å². The van der Waals surface area contributed by atoms with Crippen LogP contribution in [-0.2, 0) is 0 Å². The molecule has 0 spiro atoms. The van der Waals surface area contributed by atoms with Crippen LogP contribution in [0.1, 0.15) is 6.42 Å². The van der Waals surface area contributed by atoms with Crippen LogP contribution in [-0.4, -0.2) is 6.26 Å². The maximum Gasteiger partial charge on any atom is -0.00401 e. The second-order valence-electron chi connectivity index (χ2n) is 1.57. The average Bonchev–Trinajstić information content (AvgIpc) is 1.88. The molecule has 0 saturated carbocycles. The van der Waals surface area contributed by atoms with Crippen LogP contribution < -0.4 is 0 Å². The average molecular weight is 140 g/mol. The molecular weight excluding hydrogens is 128 g/mol. The Labute approximate surface area is 61.3 Å². The van der Waals surface area contributed by atoms with Crippen molar-refractivity contribution in [2.24, 2.45) is 0 Å². The van der Waals surface area contributed by atoms with Crippen molar-refractivity contribution < 1.29 is 0 Å². The van der Waals surface area contributed by atoms with E-state index in [4.69, 9.17) is 0 Å². The third-order valence-electron chi connectivity index (χ3n) is 0.911. The summed E-state index contributed by atoms with van der Waals surface area (Å²) < 4.78 is 0. The largest absolute Gasteiger partial charge is 0.134 e. The van der Waals surface area contributed by atoms with Gasteiger partial charge in [0.05, 0.1) is 0 Å². The quantitative estimate of drug-likeness (QED) is 0.427. The van der Waals surface area contributed by atoms with Gasteiger partial charge in [-0.2, -0.15) is 0 Å². The molecule has 0 aliphatic carbocycles. The van der Waals surface area contributed by atoms with Gasteiger partial charge in [0.1, 0.15) is 0 Å². The summed E-state index contributed by atoms with van der Waals surface area (Å²) in [6.45, 7) is 7.25. The normalized spacial score (nSPS) is 11.0. The SMILES string of the molecule is C=CC=C(CC=C)SC. The molecule has 0 fully saturated rings. The van der Waals surface area contributed by atoms with Crippen LogP contribution >= 0.6 is 11.8 Å². The third-order valence-corrected chi connectivity index (χ3v) is 1.74. The van der Waals surface area contributed by atoms with E-state index in [-0.39, 0.29) is 0 Å². The molecule has 0 bridgehead atoms. The van der Waals surface area contributed by atoms with E-state index in [1.165, 1.54) is 4.91 Å². The van der Waals surface area contributed by atoms with E-state index < -0.39 is 0 Å². The lowest BCUT2D eigenvalue weighted by atomic mass is 10.3. The highest BCUT2D eigenvalue weighted by atomic mass is 32.2. The molecule has 0 aliphatic rings. The van der Waals surface area contributed by atoms with Crippen molar-refractivity contribution in [3.63, 3.8) is 0 Å². The number of hydrogen-bond acceptors (Lipinski definition) is 1. The fourth-order valence-electron chi connectivity index (χ4n) is 0.493. The summed E-state index contributed by atoms with van der Waals surface area (Å²) in [6.07, 6.45) is 8.71. The Hall–Kier alpha value is -0.430. The van der Waals surface area contributed by atoms with Crippen LogP contribution in [0.25, 0.3) is 0 Å². The van der Waals surface area contributed by atoms with Gasteiger partial charge in [-0.15, -0.1) is 18.3 Å². The molecule has 9 heavy (non-hydrogen) atoms. The van der Waals surface area contributed by atoms with Crippen molar-refractivity contribution in [3.8, 4) is 0 Å². The third kappa shape index (κ3) is 4.10. The van der Waals surface area contributed by atoms with Gasteiger partial charge in [0.2, 0.25) is 0 Å². The van der Waals surface area contributed by atoms with Crippen molar-refractivity contribution in [1.82, 2.24) is 0 Å². The van der Waals surface area contributed by atoms with Crippen molar-refractivity contribution in [3.05, 3.63) is 36.3 Å². The van der Waals surface area contributed by atoms with Crippen molar-refractivity contribution >= 4 is 11.8 Å². The second-order valence-corrected chi connectivity index (χ2v) is 2.50. The summed E-state index contributed by atoms with van der Waals surface area (Å²) >= 11 is 1.74. The van der Waals surface area contributed by atoms with E-state index in [1.807, 2.05) is 12.2 Å². The predicted molar refractivity (Wildman–Crippen MR) is 46.6 cm³/mol. The molecule has 0 unspecified atom stereocenters. The molecule has 0 atom stereocenters. The van der Waals surface area contributed by atoms with E-state index in [1.54, 1.807) is 17.8 Å².